The molecule has 0 unspecified atom stereocenters. The second-order valence-electron chi connectivity index (χ2n) is 7.77. The van der Waals surface area contributed by atoms with Gasteiger partial charge in [0, 0.05) is 38.0 Å². The number of hydrogen-bond donors (Lipinski definition) is 0. The lowest BCUT2D eigenvalue weighted by atomic mass is 10.1. The second-order valence-corrected chi connectivity index (χ2v) is 7.77. The van der Waals surface area contributed by atoms with Crippen molar-refractivity contribution >= 4 is 16.9 Å². The first kappa shape index (κ1) is 18.7. The molecule has 1 aliphatic heterocycles. The monoisotopic (exact) mass is 382 g/mol. The van der Waals surface area contributed by atoms with E-state index in [2.05, 4.69) is 28.9 Å². The van der Waals surface area contributed by atoms with E-state index in [1.54, 1.807) is 0 Å². The molecule has 28 heavy (non-hydrogen) atoms. The molecule has 0 atom stereocenters. The summed E-state index contributed by atoms with van der Waals surface area (Å²) in [4.78, 5) is 21.5. The van der Waals surface area contributed by atoms with Gasteiger partial charge in [-0.1, -0.05) is 37.2 Å². The van der Waals surface area contributed by atoms with Gasteiger partial charge >= 0.3 is 0 Å². The van der Waals surface area contributed by atoms with Crippen LogP contribution in [-0.4, -0.2) is 52.0 Å². The van der Waals surface area contributed by atoms with Crippen LogP contribution in [0.4, 0.5) is 0 Å². The Morgan fingerprint density at radius 3 is 2.86 bits per heavy atom. The van der Waals surface area contributed by atoms with Crippen LogP contribution in [0.15, 0.2) is 39.3 Å². The Morgan fingerprint density at radius 1 is 1.18 bits per heavy atom. The van der Waals surface area contributed by atoms with Gasteiger partial charge in [0.1, 0.15) is 5.58 Å². The highest BCUT2D eigenvalue weighted by atomic mass is 16.5. The summed E-state index contributed by atoms with van der Waals surface area (Å²) in [7, 11) is 0. The summed E-state index contributed by atoms with van der Waals surface area (Å²) < 4.78 is 11.1. The summed E-state index contributed by atoms with van der Waals surface area (Å²) in [5.74, 6) is 2.27. The molecular formula is C21H26N4O3. The largest absolute Gasteiger partial charge is 0.451 e. The minimum absolute atomic E-state index is 0.0446. The number of nitrogens with zero attached hydrogens (tertiary/aromatic N) is 4. The predicted octanol–water partition coefficient (Wildman–Crippen LogP) is 3.36. The zero-order valence-corrected chi connectivity index (χ0v) is 16.4. The molecule has 0 radical (unpaired) electrons. The Labute approximate surface area is 164 Å². The van der Waals surface area contributed by atoms with E-state index < -0.39 is 0 Å². The number of rotatable bonds is 5. The van der Waals surface area contributed by atoms with Crippen LogP contribution in [0.2, 0.25) is 0 Å². The minimum Gasteiger partial charge on any atom is -0.451 e. The Bertz CT molecular complexity index is 913. The molecule has 2 aromatic heterocycles. The third-order valence-electron chi connectivity index (χ3n) is 4.97. The lowest BCUT2D eigenvalue weighted by Gasteiger charge is -2.20. The highest BCUT2D eigenvalue weighted by molar-refractivity contribution is 5.96. The van der Waals surface area contributed by atoms with E-state index >= 15 is 0 Å². The molecular weight excluding hydrogens is 356 g/mol. The third-order valence-corrected chi connectivity index (χ3v) is 4.97. The lowest BCUT2D eigenvalue weighted by Crippen LogP contribution is -2.35. The number of fused-ring (bicyclic) bond motifs is 1. The van der Waals surface area contributed by atoms with Crippen molar-refractivity contribution in [3.8, 4) is 0 Å². The van der Waals surface area contributed by atoms with Gasteiger partial charge in [0.25, 0.3) is 5.91 Å². The fourth-order valence-electron chi connectivity index (χ4n) is 3.56. The van der Waals surface area contributed by atoms with E-state index in [-0.39, 0.29) is 5.91 Å². The predicted molar refractivity (Wildman–Crippen MR) is 105 cm³/mol. The van der Waals surface area contributed by atoms with E-state index in [4.69, 9.17) is 8.94 Å². The van der Waals surface area contributed by atoms with Crippen molar-refractivity contribution < 1.29 is 13.7 Å². The summed E-state index contributed by atoms with van der Waals surface area (Å²) in [5.41, 5.74) is 0.747. The maximum absolute atomic E-state index is 12.9. The van der Waals surface area contributed by atoms with Crippen molar-refractivity contribution in [3.63, 3.8) is 0 Å². The fraction of sp³-hybridized carbons (Fsp3) is 0.476. The Kier molecular flexibility index (Phi) is 5.43. The van der Waals surface area contributed by atoms with Gasteiger partial charge in [-0.25, -0.2) is 0 Å². The van der Waals surface area contributed by atoms with Crippen LogP contribution < -0.4 is 0 Å². The highest BCUT2D eigenvalue weighted by Crippen LogP contribution is 2.21. The van der Waals surface area contributed by atoms with Crippen molar-refractivity contribution in [3.05, 3.63) is 47.8 Å². The zero-order valence-electron chi connectivity index (χ0n) is 16.4. The third kappa shape index (κ3) is 4.25. The molecule has 3 heterocycles. The Balaban J connectivity index is 1.36. The van der Waals surface area contributed by atoms with E-state index in [9.17, 15) is 4.79 Å². The topological polar surface area (TPSA) is 75.6 Å². The molecule has 0 bridgehead atoms. The van der Waals surface area contributed by atoms with Gasteiger partial charge in [-0.05, 0) is 24.5 Å². The normalized spacial score (nSPS) is 16.0. The molecule has 0 aliphatic carbocycles. The minimum atomic E-state index is -0.0446. The van der Waals surface area contributed by atoms with Crippen LogP contribution in [0.3, 0.4) is 0 Å². The van der Waals surface area contributed by atoms with Gasteiger partial charge in [0.15, 0.2) is 11.6 Å². The first-order valence-electron chi connectivity index (χ1n) is 9.90. The Hall–Kier alpha value is -2.67. The number of aromatic nitrogens is 2. The summed E-state index contributed by atoms with van der Waals surface area (Å²) in [6.07, 6.45) is 1.70. The molecule has 148 valence electrons. The molecule has 4 rings (SSSR count). The number of para-hydroxylation sites is 1. The van der Waals surface area contributed by atoms with Crippen LogP contribution in [0, 0.1) is 5.92 Å². The maximum Gasteiger partial charge on any atom is 0.289 e. The van der Waals surface area contributed by atoms with Crippen molar-refractivity contribution in [1.29, 1.82) is 0 Å². The first-order valence-corrected chi connectivity index (χ1v) is 9.90. The molecule has 3 aromatic rings. The van der Waals surface area contributed by atoms with E-state index in [1.807, 2.05) is 35.2 Å². The van der Waals surface area contributed by atoms with Crippen LogP contribution in [0.5, 0.6) is 0 Å². The first-order chi connectivity index (χ1) is 13.6. The molecule has 1 saturated heterocycles. The number of carbonyl (C=O) groups is 1. The zero-order chi connectivity index (χ0) is 19.5. The van der Waals surface area contributed by atoms with Crippen LogP contribution in [0.25, 0.3) is 11.0 Å². The van der Waals surface area contributed by atoms with Gasteiger partial charge < -0.3 is 13.8 Å². The summed E-state index contributed by atoms with van der Waals surface area (Å²) in [6, 6.07) is 9.53. The van der Waals surface area contributed by atoms with E-state index in [0.717, 1.165) is 43.4 Å². The maximum atomic E-state index is 12.9. The van der Waals surface area contributed by atoms with Gasteiger partial charge in [-0.2, -0.15) is 4.98 Å². The molecule has 7 heteroatoms. The van der Waals surface area contributed by atoms with Crippen LogP contribution in [0.1, 0.15) is 42.5 Å². The molecule has 0 spiro atoms. The quantitative estimate of drug-likeness (QED) is 0.673. The number of hydrogen-bond acceptors (Lipinski definition) is 6. The molecule has 0 N–H and O–H groups in total. The van der Waals surface area contributed by atoms with Crippen molar-refractivity contribution in [2.24, 2.45) is 5.92 Å². The number of carbonyl (C=O) groups excluding carboxylic acids is 1. The number of amides is 1. The Morgan fingerprint density at radius 2 is 2.04 bits per heavy atom. The smallest absolute Gasteiger partial charge is 0.289 e. The van der Waals surface area contributed by atoms with Gasteiger partial charge in [0.2, 0.25) is 5.89 Å². The summed E-state index contributed by atoms with van der Waals surface area (Å²) in [5, 5.41) is 5.05. The van der Waals surface area contributed by atoms with Crippen molar-refractivity contribution in [1.82, 2.24) is 19.9 Å². The van der Waals surface area contributed by atoms with E-state index in [0.29, 0.717) is 36.5 Å². The molecule has 0 saturated carbocycles. The second kappa shape index (κ2) is 8.14. The van der Waals surface area contributed by atoms with E-state index in [1.165, 1.54) is 0 Å². The average molecular weight is 382 g/mol. The summed E-state index contributed by atoms with van der Waals surface area (Å²) >= 11 is 0. The fourth-order valence-corrected chi connectivity index (χ4v) is 3.56. The molecule has 1 fully saturated rings. The van der Waals surface area contributed by atoms with Crippen molar-refractivity contribution in [2.45, 2.75) is 33.2 Å². The molecule has 1 aromatic carbocycles. The standard InChI is InChI=1S/C21H26N4O3/c1-15(2)12-20-22-19(23-28-20)14-24-8-5-9-25(11-10-24)21(26)18-13-16-6-3-4-7-17(16)27-18/h3-4,6-7,13,15H,5,8-12,14H2,1-2H3. The average Bonchev–Trinajstić information content (AvgIpc) is 3.22. The lowest BCUT2D eigenvalue weighted by molar-refractivity contribution is 0.0731. The molecule has 1 amide bonds. The summed E-state index contributed by atoms with van der Waals surface area (Å²) in [6.45, 7) is 7.97. The van der Waals surface area contributed by atoms with Gasteiger partial charge in [-0.3, -0.25) is 9.69 Å². The van der Waals surface area contributed by atoms with Gasteiger partial charge in [0.05, 0.1) is 6.54 Å². The van der Waals surface area contributed by atoms with Crippen LogP contribution >= 0.6 is 0 Å². The number of benzene rings is 1. The van der Waals surface area contributed by atoms with Crippen molar-refractivity contribution in [2.75, 3.05) is 26.2 Å². The molecule has 1 aliphatic rings. The van der Waals surface area contributed by atoms with Crippen LogP contribution in [-0.2, 0) is 13.0 Å². The van der Waals surface area contributed by atoms with Gasteiger partial charge in [-0.15, -0.1) is 0 Å². The number of furan rings is 1. The highest BCUT2D eigenvalue weighted by Gasteiger charge is 2.23. The molecule has 7 nitrogen and oxygen atoms in total. The SMILES string of the molecule is CC(C)Cc1nc(CN2CCCN(C(=O)c3cc4ccccc4o3)CC2)no1.